The number of hydrogen-bond acceptors (Lipinski definition) is 1. The van der Waals surface area contributed by atoms with Gasteiger partial charge in [-0.05, 0) is 98.2 Å². The van der Waals surface area contributed by atoms with Crippen LogP contribution in [0.25, 0.3) is 82.8 Å². The van der Waals surface area contributed by atoms with Gasteiger partial charge in [0.25, 0.3) is 0 Å². The predicted molar refractivity (Wildman–Crippen MR) is 255 cm³/mol. The van der Waals surface area contributed by atoms with Crippen LogP contribution in [-0.4, -0.2) is 4.57 Å². The summed E-state index contributed by atoms with van der Waals surface area (Å²) in [4.78, 5) is 2.40. The lowest BCUT2D eigenvalue weighted by Gasteiger charge is -2.27. The van der Waals surface area contributed by atoms with E-state index < -0.39 is 0 Å². The summed E-state index contributed by atoms with van der Waals surface area (Å²) in [7, 11) is 0. The SMILES string of the molecule is c1ccc(-c2ccc(-c3ccccc3)c(-n3c4ccccc4c4ccc(N(c5ccccc5)c5ccc(-c6cccc7ccccc67)c(-c6ccccc6)c5)cc43)c2)cc1. The lowest BCUT2D eigenvalue weighted by molar-refractivity contribution is 1.18. The quantitative estimate of drug-likeness (QED) is 0.150. The number of anilines is 3. The molecule has 0 aliphatic heterocycles. The molecule has 11 aromatic rings. The third kappa shape index (κ3) is 6.23. The average Bonchev–Trinajstić information content (AvgIpc) is 3.66. The van der Waals surface area contributed by atoms with E-state index in [0.29, 0.717) is 0 Å². The maximum Gasteiger partial charge on any atom is 0.0562 e. The van der Waals surface area contributed by atoms with Crippen LogP contribution in [0.2, 0.25) is 0 Å². The van der Waals surface area contributed by atoms with E-state index in [0.717, 1.165) is 28.3 Å². The fourth-order valence-electron chi connectivity index (χ4n) is 8.99. The number of para-hydroxylation sites is 2. The van der Waals surface area contributed by atoms with E-state index in [1.165, 1.54) is 71.6 Å². The summed E-state index contributed by atoms with van der Waals surface area (Å²) in [6, 6.07) is 88.0. The second kappa shape index (κ2) is 15.1. The molecule has 0 unspecified atom stereocenters. The number of benzene rings is 10. The van der Waals surface area contributed by atoms with E-state index in [4.69, 9.17) is 0 Å². The third-order valence-corrected chi connectivity index (χ3v) is 11.8. The summed E-state index contributed by atoms with van der Waals surface area (Å²) in [5.41, 5.74) is 16.2. The number of nitrogens with zero attached hydrogens (tertiary/aromatic N) is 2. The number of hydrogen-bond donors (Lipinski definition) is 0. The Morgan fingerprint density at radius 2 is 0.817 bits per heavy atom. The molecule has 2 heteroatoms. The number of rotatable bonds is 8. The Balaban J connectivity index is 1.16. The smallest absolute Gasteiger partial charge is 0.0562 e. The monoisotopic (exact) mass is 764 g/mol. The molecular weight excluding hydrogens is 725 g/mol. The highest BCUT2D eigenvalue weighted by Crippen LogP contribution is 2.45. The van der Waals surface area contributed by atoms with E-state index in [1.54, 1.807) is 0 Å². The summed E-state index contributed by atoms with van der Waals surface area (Å²) in [5, 5.41) is 4.91. The summed E-state index contributed by atoms with van der Waals surface area (Å²) in [6.07, 6.45) is 0. The molecule has 0 aliphatic carbocycles. The van der Waals surface area contributed by atoms with E-state index in [1.807, 2.05) is 0 Å². The summed E-state index contributed by atoms with van der Waals surface area (Å²) >= 11 is 0. The zero-order chi connectivity index (χ0) is 39.8. The zero-order valence-electron chi connectivity index (χ0n) is 33.0. The molecular formula is C58H40N2. The highest BCUT2D eigenvalue weighted by atomic mass is 15.1. The van der Waals surface area contributed by atoms with Crippen LogP contribution < -0.4 is 4.90 Å². The zero-order valence-corrected chi connectivity index (χ0v) is 33.0. The van der Waals surface area contributed by atoms with Crippen molar-refractivity contribution < 1.29 is 0 Å². The van der Waals surface area contributed by atoms with Crippen molar-refractivity contribution in [3.8, 4) is 50.2 Å². The summed E-state index contributed by atoms with van der Waals surface area (Å²) in [6.45, 7) is 0. The van der Waals surface area contributed by atoms with Gasteiger partial charge in [0.2, 0.25) is 0 Å². The van der Waals surface area contributed by atoms with Gasteiger partial charge in [-0.15, -0.1) is 0 Å². The Morgan fingerprint density at radius 1 is 0.267 bits per heavy atom. The maximum absolute atomic E-state index is 2.48. The van der Waals surface area contributed by atoms with Crippen molar-refractivity contribution in [1.82, 2.24) is 4.57 Å². The molecule has 0 amide bonds. The molecule has 1 aromatic heterocycles. The Hall–Kier alpha value is -7.94. The van der Waals surface area contributed by atoms with Gasteiger partial charge in [0.15, 0.2) is 0 Å². The average molecular weight is 765 g/mol. The lowest BCUT2D eigenvalue weighted by Crippen LogP contribution is -2.10. The van der Waals surface area contributed by atoms with Gasteiger partial charge in [0.1, 0.15) is 0 Å². The Kier molecular flexibility index (Phi) is 8.87. The van der Waals surface area contributed by atoms with Crippen molar-refractivity contribution in [1.29, 1.82) is 0 Å². The lowest BCUT2D eigenvalue weighted by atomic mass is 9.91. The van der Waals surface area contributed by atoms with Crippen molar-refractivity contribution >= 4 is 49.6 Å². The third-order valence-electron chi connectivity index (χ3n) is 11.8. The molecule has 0 N–H and O–H groups in total. The summed E-state index contributed by atoms with van der Waals surface area (Å²) in [5.74, 6) is 0. The molecule has 0 bridgehead atoms. The van der Waals surface area contributed by atoms with Crippen LogP contribution in [0, 0.1) is 0 Å². The van der Waals surface area contributed by atoms with Crippen LogP contribution in [0.1, 0.15) is 0 Å². The van der Waals surface area contributed by atoms with Crippen molar-refractivity contribution in [2.75, 3.05) is 4.90 Å². The van der Waals surface area contributed by atoms with Gasteiger partial charge in [-0.1, -0.05) is 194 Å². The normalized spacial score (nSPS) is 11.3. The van der Waals surface area contributed by atoms with Gasteiger partial charge < -0.3 is 9.47 Å². The molecule has 0 radical (unpaired) electrons. The second-order valence-electron chi connectivity index (χ2n) is 15.3. The molecule has 10 aromatic carbocycles. The number of aromatic nitrogens is 1. The van der Waals surface area contributed by atoms with Gasteiger partial charge in [-0.3, -0.25) is 0 Å². The Morgan fingerprint density at radius 3 is 1.57 bits per heavy atom. The van der Waals surface area contributed by atoms with E-state index in [9.17, 15) is 0 Å². The molecule has 2 nitrogen and oxygen atoms in total. The second-order valence-corrected chi connectivity index (χ2v) is 15.3. The molecule has 11 rings (SSSR count). The standard InChI is InChI=1S/C58H40N2/c1-5-18-41(19-6-1)45-32-35-50(43-20-7-2-8-21-43)57(38-45)60-56-31-16-15-29-53(56)54-37-34-48(40-58(54)60)59(46-26-11-4-12-27-46)47-33-36-52(55(39-47)44-22-9-3-10-23-44)51-30-17-25-42-24-13-14-28-49(42)51/h1-40H. The molecule has 0 atom stereocenters. The fraction of sp³-hybridized carbons (Fsp3) is 0. The fourth-order valence-corrected chi connectivity index (χ4v) is 8.99. The van der Waals surface area contributed by atoms with Crippen molar-refractivity contribution in [3.63, 3.8) is 0 Å². The first-order chi connectivity index (χ1) is 29.8. The van der Waals surface area contributed by atoms with Gasteiger partial charge in [-0.2, -0.15) is 0 Å². The van der Waals surface area contributed by atoms with Crippen molar-refractivity contribution in [3.05, 3.63) is 243 Å². The molecule has 0 fully saturated rings. The molecule has 282 valence electrons. The predicted octanol–water partition coefficient (Wildman–Crippen LogP) is 16.1. The van der Waals surface area contributed by atoms with Crippen LogP contribution in [0.3, 0.4) is 0 Å². The van der Waals surface area contributed by atoms with Crippen LogP contribution in [0.5, 0.6) is 0 Å². The van der Waals surface area contributed by atoms with Gasteiger partial charge in [0, 0.05) is 33.4 Å². The van der Waals surface area contributed by atoms with Crippen LogP contribution in [-0.2, 0) is 0 Å². The van der Waals surface area contributed by atoms with Crippen LogP contribution in [0.15, 0.2) is 243 Å². The molecule has 60 heavy (non-hydrogen) atoms. The molecule has 0 aliphatic rings. The minimum atomic E-state index is 1.08. The Bertz CT molecular complexity index is 3290. The topological polar surface area (TPSA) is 8.17 Å². The van der Waals surface area contributed by atoms with Gasteiger partial charge in [-0.25, -0.2) is 0 Å². The van der Waals surface area contributed by atoms with E-state index in [2.05, 4.69) is 252 Å². The number of fused-ring (bicyclic) bond motifs is 4. The minimum absolute atomic E-state index is 1.08. The van der Waals surface area contributed by atoms with E-state index >= 15 is 0 Å². The highest BCUT2D eigenvalue weighted by Gasteiger charge is 2.21. The first-order valence-corrected chi connectivity index (χ1v) is 20.6. The minimum Gasteiger partial charge on any atom is -0.310 e. The molecule has 0 saturated heterocycles. The summed E-state index contributed by atoms with van der Waals surface area (Å²) < 4.78 is 2.48. The van der Waals surface area contributed by atoms with E-state index in [-0.39, 0.29) is 0 Å². The molecule has 0 spiro atoms. The largest absolute Gasteiger partial charge is 0.310 e. The van der Waals surface area contributed by atoms with Gasteiger partial charge in [0.05, 0.1) is 16.7 Å². The maximum atomic E-state index is 2.48. The van der Waals surface area contributed by atoms with Crippen LogP contribution >= 0.6 is 0 Å². The van der Waals surface area contributed by atoms with Crippen molar-refractivity contribution in [2.45, 2.75) is 0 Å². The first-order valence-electron chi connectivity index (χ1n) is 20.6. The first kappa shape index (κ1) is 35.2. The molecule has 1 heterocycles. The van der Waals surface area contributed by atoms with Gasteiger partial charge >= 0.3 is 0 Å². The van der Waals surface area contributed by atoms with Crippen LogP contribution in [0.4, 0.5) is 17.1 Å². The Labute approximate surface area is 350 Å². The van der Waals surface area contributed by atoms with Crippen molar-refractivity contribution in [2.24, 2.45) is 0 Å². The highest BCUT2D eigenvalue weighted by molar-refractivity contribution is 6.11. The molecule has 0 saturated carbocycles.